The molecule has 0 fully saturated rings. The Morgan fingerprint density at radius 3 is 2.28 bits per heavy atom. The first-order chi connectivity index (χ1) is 13.9. The van der Waals surface area contributed by atoms with E-state index in [1.807, 2.05) is 0 Å². The Balaban J connectivity index is 1.91. The fourth-order valence-electron chi connectivity index (χ4n) is 3.85. The Labute approximate surface area is 173 Å². The number of halogens is 2. The summed E-state index contributed by atoms with van der Waals surface area (Å²) in [5.74, 6) is 0.601. The normalized spacial score (nSPS) is 15.0. The second-order valence-corrected chi connectivity index (χ2v) is 7.68. The molecule has 2 aromatic carbocycles. The third-order valence-electron chi connectivity index (χ3n) is 5.16. The van der Waals surface area contributed by atoms with Crippen LogP contribution in [0.25, 0.3) is 22.0 Å². The molecule has 9 heteroatoms. The van der Waals surface area contributed by atoms with Crippen LogP contribution in [0.15, 0.2) is 29.1 Å². The molecule has 29 heavy (non-hydrogen) atoms. The molecule has 5 rings (SSSR count). The number of rotatable bonds is 3. The summed E-state index contributed by atoms with van der Waals surface area (Å²) in [4.78, 5) is 26.6. The van der Waals surface area contributed by atoms with Gasteiger partial charge in [-0.15, -0.1) is 0 Å². The molecule has 1 aromatic heterocycles. The first kappa shape index (κ1) is 18.4. The van der Waals surface area contributed by atoms with Gasteiger partial charge in [0.1, 0.15) is 0 Å². The van der Waals surface area contributed by atoms with Crippen LogP contribution in [0.1, 0.15) is 15.9 Å². The number of aliphatic hydroxyl groups is 2. The highest BCUT2D eigenvalue weighted by molar-refractivity contribution is 6.43. The second kappa shape index (κ2) is 6.47. The van der Waals surface area contributed by atoms with E-state index >= 15 is 0 Å². The SMILES string of the molecule is O=C1c2cc3c(cc2-c2c1c1cc(Cl)c(Cl)cc1c(=O)n2C[C@H](O)CO)OCO3. The van der Waals surface area contributed by atoms with E-state index in [1.54, 1.807) is 12.1 Å². The van der Waals surface area contributed by atoms with E-state index in [9.17, 15) is 19.8 Å². The van der Waals surface area contributed by atoms with Gasteiger partial charge in [0.25, 0.3) is 5.56 Å². The van der Waals surface area contributed by atoms with E-state index in [4.69, 9.17) is 32.7 Å². The van der Waals surface area contributed by atoms with Crippen LogP contribution in [-0.4, -0.2) is 40.1 Å². The average Bonchev–Trinajstić information content (AvgIpc) is 3.27. The van der Waals surface area contributed by atoms with E-state index in [-0.39, 0.29) is 40.1 Å². The van der Waals surface area contributed by atoms with Crippen LogP contribution in [0.2, 0.25) is 10.0 Å². The Bertz CT molecular complexity index is 1280. The molecule has 0 radical (unpaired) electrons. The van der Waals surface area contributed by atoms with Gasteiger partial charge < -0.3 is 24.3 Å². The first-order valence-electron chi connectivity index (χ1n) is 8.74. The van der Waals surface area contributed by atoms with Gasteiger partial charge in [0, 0.05) is 21.9 Å². The molecule has 2 N–H and O–H groups in total. The van der Waals surface area contributed by atoms with Crippen LogP contribution in [-0.2, 0) is 6.54 Å². The van der Waals surface area contributed by atoms with Gasteiger partial charge in [0.2, 0.25) is 6.79 Å². The Morgan fingerprint density at radius 2 is 1.62 bits per heavy atom. The summed E-state index contributed by atoms with van der Waals surface area (Å²) in [6, 6.07) is 6.13. The van der Waals surface area contributed by atoms with Crippen LogP contribution in [0.3, 0.4) is 0 Å². The molecule has 2 heterocycles. The van der Waals surface area contributed by atoms with Crippen molar-refractivity contribution in [3.8, 4) is 22.8 Å². The van der Waals surface area contributed by atoms with Gasteiger partial charge in [-0.3, -0.25) is 9.59 Å². The number of hydrogen-bond donors (Lipinski definition) is 2. The van der Waals surface area contributed by atoms with Crippen LogP contribution >= 0.6 is 23.2 Å². The smallest absolute Gasteiger partial charge is 0.259 e. The van der Waals surface area contributed by atoms with E-state index in [0.717, 1.165) is 0 Å². The summed E-state index contributed by atoms with van der Waals surface area (Å²) in [5.41, 5.74) is 1.01. The summed E-state index contributed by atoms with van der Waals surface area (Å²) in [6.07, 6.45) is -1.19. The van der Waals surface area contributed by atoms with Gasteiger partial charge in [0.15, 0.2) is 17.3 Å². The number of carbonyl (C=O) groups is 1. The first-order valence-corrected chi connectivity index (χ1v) is 9.49. The number of carbonyl (C=O) groups excluding carboxylic acids is 1. The Hall–Kier alpha value is -2.58. The minimum atomic E-state index is -1.19. The van der Waals surface area contributed by atoms with Crippen LogP contribution in [0.5, 0.6) is 11.5 Å². The molecule has 1 aliphatic heterocycles. The number of nitrogens with zero attached hydrogens (tertiary/aromatic N) is 1. The fourth-order valence-corrected chi connectivity index (χ4v) is 4.18. The lowest BCUT2D eigenvalue weighted by atomic mass is 10.0. The van der Waals surface area contributed by atoms with Crippen molar-refractivity contribution in [1.29, 1.82) is 0 Å². The number of ketones is 1. The fraction of sp³-hybridized carbons (Fsp3) is 0.200. The number of ether oxygens (including phenoxy) is 2. The van der Waals surface area contributed by atoms with Gasteiger partial charge in [0.05, 0.1) is 40.6 Å². The van der Waals surface area contributed by atoms with E-state index in [2.05, 4.69) is 0 Å². The molecule has 0 unspecified atom stereocenters. The summed E-state index contributed by atoms with van der Waals surface area (Å²) < 4.78 is 12.1. The van der Waals surface area contributed by atoms with Gasteiger partial charge >= 0.3 is 0 Å². The molecule has 0 saturated carbocycles. The molecular formula is C20H13Cl2NO6. The molecule has 0 saturated heterocycles. The average molecular weight is 434 g/mol. The highest BCUT2D eigenvalue weighted by Crippen LogP contribution is 2.46. The lowest BCUT2D eigenvalue weighted by Gasteiger charge is -2.17. The maximum absolute atomic E-state index is 13.3. The van der Waals surface area contributed by atoms with E-state index in [0.29, 0.717) is 33.7 Å². The number of benzene rings is 2. The standard InChI is InChI=1S/C20H13Cl2NO6/c21-13-1-9-12(2-14(13)22)20(27)23(5-8(25)6-24)18-10-3-15-16(29-7-28-15)4-11(10)19(26)17(9)18/h1-4,8,24-25H,5-7H2/t8-/m0/s1. The van der Waals surface area contributed by atoms with Crippen LogP contribution in [0.4, 0.5) is 0 Å². The quantitative estimate of drug-likeness (QED) is 0.515. The zero-order valence-corrected chi connectivity index (χ0v) is 16.3. The molecule has 3 aromatic rings. The second-order valence-electron chi connectivity index (χ2n) is 6.87. The zero-order chi connectivity index (χ0) is 20.4. The lowest BCUT2D eigenvalue weighted by Crippen LogP contribution is -2.30. The molecule has 0 amide bonds. The van der Waals surface area contributed by atoms with Crippen molar-refractivity contribution in [1.82, 2.24) is 4.57 Å². The third-order valence-corrected chi connectivity index (χ3v) is 5.88. The van der Waals surface area contributed by atoms with Crippen molar-refractivity contribution in [2.75, 3.05) is 13.4 Å². The minimum absolute atomic E-state index is 0.0428. The molecule has 7 nitrogen and oxygen atoms in total. The third kappa shape index (κ3) is 2.59. The maximum atomic E-state index is 13.3. The summed E-state index contributed by atoms with van der Waals surface area (Å²) >= 11 is 12.3. The zero-order valence-electron chi connectivity index (χ0n) is 14.7. The van der Waals surface area contributed by atoms with E-state index in [1.165, 1.54) is 16.7 Å². The summed E-state index contributed by atoms with van der Waals surface area (Å²) in [7, 11) is 0. The number of aromatic nitrogens is 1. The predicted molar refractivity (Wildman–Crippen MR) is 106 cm³/mol. The van der Waals surface area contributed by atoms with Crippen molar-refractivity contribution in [3.63, 3.8) is 0 Å². The van der Waals surface area contributed by atoms with Crippen molar-refractivity contribution in [2.45, 2.75) is 12.6 Å². The van der Waals surface area contributed by atoms with Gasteiger partial charge in [-0.2, -0.15) is 0 Å². The van der Waals surface area contributed by atoms with Crippen molar-refractivity contribution < 1.29 is 24.5 Å². The molecule has 1 atom stereocenters. The van der Waals surface area contributed by atoms with Crippen molar-refractivity contribution in [2.24, 2.45) is 0 Å². The minimum Gasteiger partial charge on any atom is -0.454 e. The summed E-state index contributed by atoms with van der Waals surface area (Å²) in [6.45, 7) is -0.696. The van der Waals surface area contributed by atoms with Gasteiger partial charge in [-0.1, -0.05) is 23.2 Å². The van der Waals surface area contributed by atoms with Crippen LogP contribution < -0.4 is 15.0 Å². The van der Waals surface area contributed by atoms with E-state index < -0.39 is 18.3 Å². The monoisotopic (exact) mass is 433 g/mol. The largest absolute Gasteiger partial charge is 0.454 e. The molecule has 0 spiro atoms. The molecule has 1 aliphatic carbocycles. The molecular weight excluding hydrogens is 421 g/mol. The molecule has 2 aliphatic rings. The summed E-state index contributed by atoms with van der Waals surface area (Å²) in [5, 5.41) is 20.3. The number of aliphatic hydroxyl groups excluding tert-OH is 2. The highest BCUT2D eigenvalue weighted by Gasteiger charge is 2.35. The topological polar surface area (TPSA) is 98.0 Å². The Morgan fingerprint density at radius 1 is 1.00 bits per heavy atom. The number of fused-ring (bicyclic) bond motifs is 6. The van der Waals surface area contributed by atoms with Crippen LogP contribution in [0, 0.1) is 0 Å². The number of hydrogen-bond acceptors (Lipinski definition) is 6. The highest BCUT2D eigenvalue weighted by atomic mass is 35.5. The number of pyridine rings is 1. The van der Waals surface area contributed by atoms with Gasteiger partial charge in [-0.25, -0.2) is 0 Å². The Kier molecular flexibility index (Phi) is 4.11. The van der Waals surface area contributed by atoms with Crippen molar-refractivity contribution in [3.05, 3.63) is 55.8 Å². The van der Waals surface area contributed by atoms with Gasteiger partial charge in [-0.05, 0) is 24.3 Å². The lowest BCUT2D eigenvalue weighted by molar-refractivity contribution is 0.0808. The van der Waals surface area contributed by atoms with Crippen molar-refractivity contribution >= 4 is 39.8 Å². The molecule has 148 valence electrons. The molecule has 0 bridgehead atoms. The predicted octanol–water partition coefficient (Wildman–Crippen LogP) is 2.60. The maximum Gasteiger partial charge on any atom is 0.259 e.